The summed E-state index contributed by atoms with van der Waals surface area (Å²) in [6.45, 7) is 13.5. The van der Waals surface area contributed by atoms with Crippen LogP contribution in [0.5, 0.6) is 0 Å². The highest BCUT2D eigenvalue weighted by molar-refractivity contribution is 5.92. The first kappa shape index (κ1) is 23.7. The number of ether oxygens (including phenoxy) is 1. The Morgan fingerprint density at radius 2 is 1.64 bits per heavy atom. The highest BCUT2D eigenvalue weighted by Crippen LogP contribution is 2.26. The molecule has 7 nitrogen and oxygen atoms in total. The summed E-state index contributed by atoms with van der Waals surface area (Å²) in [5, 5.41) is 14.1. The van der Waals surface area contributed by atoms with Crippen molar-refractivity contribution in [3.63, 3.8) is 0 Å². The minimum atomic E-state index is -0.476. The van der Waals surface area contributed by atoms with Gasteiger partial charge >= 0.3 is 5.97 Å². The third-order valence-corrected chi connectivity index (χ3v) is 4.29. The van der Waals surface area contributed by atoms with Crippen molar-refractivity contribution in [3.8, 4) is 0 Å². The van der Waals surface area contributed by atoms with Gasteiger partial charge in [-0.2, -0.15) is 0 Å². The lowest BCUT2D eigenvalue weighted by atomic mass is 9.89. The monoisotopic (exact) mass is 394 g/mol. The van der Waals surface area contributed by atoms with Crippen LogP contribution in [0, 0.1) is 11.8 Å². The second kappa shape index (κ2) is 9.75. The molecule has 3 N–H and O–H groups in total. The van der Waals surface area contributed by atoms with E-state index in [4.69, 9.17) is 9.84 Å². The van der Waals surface area contributed by atoms with Gasteiger partial charge in [-0.1, -0.05) is 13.8 Å². The van der Waals surface area contributed by atoms with Crippen molar-refractivity contribution in [1.29, 1.82) is 0 Å². The summed E-state index contributed by atoms with van der Waals surface area (Å²) in [7, 11) is 0. The average Bonchev–Trinajstić information content (AvgIpc) is 2.97. The second-order valence-corrected chi connectivity index (χ2v) is 8.81. The Hall–Kier alpha value is -2.31. The number of aliphatic hydroxyl groups excluding tert-OH is 1. The summed E-state index contributed by atoms with van der Waals surface area (Å²) in [5.41, 5.74) is 0.516. The van der Waals surface area contributed by atoms with E-state index in [0.717, 1.165) is 12.0 Å². The third-order valence-electron chi connectivity index (χ3n) is 4.29. The molecule has 2 aliphatic rings. The molecular formula is C21H34N2O5. The third kappa shape index (κ3) is 8.15. The fourth-order valence-electron chi connectivity index (χ4n) is 2.97. The van der Waals surface area contributed by atoms with E-state index in [1.165, 1.54) is 6.08 Å². The minimum absolute atomic E-state index is 0.0135. The van der Waals surface area contributed by atoms with E-state index in [1.54, 1.807) is 13.0 Å². The Morgan fingerprint density at radius 1 is 1.11 bits per heavy atom. The van der Waals surface area contributed by atoms with Gasteiger partial charge in [0.15, 0.2) is 0 Å². The second-order valence-electron chi connectivity index (χ2n) is 8.81. The van der Waals surface area contributed by atoms with E-state index < -0.39 is 5.60 Å². The van der Waals surface area contributed by atoms with Crippen LogP contribution in [0.3, 0.4) is 0 Å². The van der Waals surface area contributed by atoms with Crippen molar-refractivity contribution in [1.82, 2.24) is 10.6 Å². The number of carbonyl (C=O) groups is 3. The average molecular weight is 395 g/mol. The lowest BCUT2D eigenvalue weighted by molar-refractivity contribution is -0.160. The fraction of sp³-hybridized carbons (Fsp3) is 0.667. The van der Waals surface area contributed by atoms with Crippen LogP contribution in [-0.4, -0.2) is 40.6 Å². The molecule has 0 aromatic carbocycles. The topological polar surface area (TPSA) is 105 Å². The van der Waals surface area contributed by atoms with Crippen molar-refractivity contribution in [2.75, 3.05) is 0 Å². The molecular weight excluding hydrogens is 360 g/mol. The van der Waals surface area contributed by atoms with Crippen molar-refractivity contribution in [2.45, 2.75) is 79.0 Å². The first-order valence-electron chi connectivity index (χ1n) is 9.73. The Labute approximate surface area is 167 Å². The smallest absolute Gasteiger partial charge is 0.309 e. The molecule has 158 valence electrons. The van der Waals surface area contributed by atoms with E-state index >= 15 is 0 Å². The summed E-state index contributed by atoms with van der Waals surface area (Å²) in [6.07, 6.45) is 4.16. The van der Waals surface area contributed by atoms with Gasteiger partial charge < -0.3 is 20.5 Å². The minimum Gasteiger partial charge on any atom is -0.510 e. The van der Waals surface area contributed by atoms with Gasteiger partial charge in [0, 0.05) is 18.2 Å². The van der Waals surface area contributed by atoms with Crippen LogP contribution >= 0.6 is 0 Å². The molecule has 0 bridgehead atoms. The largest absolute Gasteiger partial charge is 0.510 e. The van der Waals surface area contributed by atoms with E-state index in [0.29, 0.717) is 12.3 Å². The maximum Gasteiger partial charge on any atom is 0.309 e. The molecule has 0 aliphatic carbocycles. The predicted molar refractivity (Wildman–Crippen MR) is 107 cm³/mol. The van der Waals surface area contributed by atoms with E-state index in [-0.39, 0.29) is 41.5 Å². The standard InChI is InChI=1S/C16H27NO3.C5H7NO2/c1-10(2)7-13(15(19)20-16(4,5)6)8-12-9-14(18)17-11(12)3;1-3-4(7)2-5(8)6-3/h9-11,13H,7-8H2,1-6H3,(H,17,18);2-3,7H,1H3,(H,6,8)/t11-,13+;3-/m00/s1. The molecule has 0 saturated heterocycles. The van der Waals surface area contributed by atoms with Crippen molar-refractivity contribution < 1.29 is 24.2 Å². The highest BCUT2D eigenvalue weighted by atomic mass is 16.6. The molecule has 2 rings (SSSR count). The summed E-state index contributed by atoms with van der Waals surface area (Å²) < 4.78 is 5.50. The molecule has 0 fully saturated rings. The molecule has 7 heteroatoms. The number of esters is 1. The molecule has 0 saturated carbocycles. The number of aliphatic hydroxyl groups is 1. The molecule has 0 aromatic rings. The van der Waals surface area contributed by atoms with Crippen molar-refractivity contribution in [3.05, 3.63) is 23.5 Å². The zero-order valence-corrected chi connectivity index (χ0v) is 18.0. The molecule has 2 amide bonds. The Balaban J connectivity index is 0.000000406. The van der Waals surface area contributed by atoms with E-state index in [2.05, 4.69) is 24.5 Å². The van der Waals surface area contributed by atoms with Crippen LogP contribution in [0.1, 0.15) is 61.3 Å². The van der Waals surface area contributed by atoms with Crippen LogP contribution in [0.25, 0.3) is 0 Å². The molecule has 0 aromatic heterocycles. The molecule has 2 aliphatic heterocycles. The van der Waals surface area contributed by atoms with Crippen LogP contribution < -0.4 is 10.6 Å². The Bertz CT molecular complexity index is 658. The maximum atomic E-state index is 12.3. The zero-order chi connectivity index (χ0) is 21.6. The molecule has 0 unspecified atom stereocenters. The van der Waals surface area contributed by atoms with Gasteiger partial charge in [-0.15, -0.1) is 0 Å². The lowest BCUT2D eigenvalue weighted by Gasteiger charge is -2.25. The Morgan fingerprint density at radius 3 is 1.96 bits per heavy atom. The van der Waals surface area contributed by atoms with Gasteiger partial charge in [0.05, 0.1) is 12.0 Å². The van der Waals surface area contributed by atoms with Crippen molar-refractivity contribution in [2.24, 2.45) is 11.8 Å². The molecule has 28 heavy (non-hydrogen) atoms. The number of amides is 2. The van der Waals surface area contributed by atoms with Crippen LogP contribution in [0.4, 0.5) is 0 Å². The predicted octanol–water partition coefficient (Wildman–Crippen LogP) is 2.77. The van der Waals surface area contributed by atoms with Crippen molar-refractivity contribution >= 4 is 17.8 Å². The lowest BCUT2D eigenvalue weighted by Crippen LogP contribution is -2.31. The van der Waals surface area contributed by atoms with Crippen LogP contribution in [0.15, 0.2) is 23.5 Å². The number of rotatable bonds is 5. The van der Waals surface area contributed by atoms with Gasteiger partial charge in [0.2, 0.25) is 11.8 Å². The first-order chi connectivity index (χ1) is 12.8. The normalized spacial score (nSPS) is 22.6. The van der Waals surface area contributed by atoms with E-state index in [1.807, 2.05) is 27.7 Å². The summed E-state index contributed by atoms with van der Waals surface area (Å²) in [6, 6.07) is -0.179. The van der Waals surface area contributed by atoms with Gasteiger partial charge in [-0.25, -0.2) is 0 Å². The summed E-state index contributed by atoms with van der Waals surface area (Å²) >= 11 is 0. The molecule has 3 atom stereocenters. The van der Waals surface area contributed by atoms with Crippen LogP contribution in [0.2, 0.25) is 0 Å². The highest BCUT2D eigenvalue weighted by Gasteiger charge is 2.30. The van der Waals surface area contributed by atoms with Crippen LogP contribution in [-0.2, 0) is 19.1 Å². The van der Waals surface area contributed by atoms with Gasteiger partial charge in [-0.3, -0.25) is 14.4 Å². The Kier molecular flexibility index (Phi) is 8.27. The number of carbonyl (C=O) groups excluding carboxylic acids is 3. The SMILES string of the molecule is CC(C)C[C@H](CC1=CC(=O)N[C@H]1C)C(=O)OC(C)(C)C.C[C@@H]1NC(=O)C=C1O. The molecule has 0 radical (unpaired) electrons. The summed E-state index contributed by atoms with van der Waals surface area (Å²) in [4.78, 5) is 34.0. The van der Waals surface area contributed by atoms with Gasteiger partial charge in [-0.05, 0) is 59.0 Å². The zero-order valence-electron chi connectivity index (χ0n) is 18.0. The van der Waals surface area contributed by atoms with Gasteiger partial charge in [0.25, 0.3) is 0 Å². The van der Waals surface area contributed by atoms with E-state index in [9.17, 15) is 14.4 Å². The number of nitrogens with one attached hydrogen (secondary N) is 2. The summed E-state index contributed by atoms with van der Waals surface area (Å²) in [5.74, 6) is -0.104. The number of hydrogen-bond donors (Lipinski definition) is 3. The quantitative estimate of drug-likeness (QED) is 0.622. The molecule has 0 spiro atoms. The maximum absolute atomic E-state index is 12.3. The molecule has 2 heterocycles. The fourth-order valence-corrected chi connectivity index (χ4v) is 2.97. The number of hydrogen-bond acceptors (Lipinski definition) is 5. The first-order valence-corrected chi connectivity index (χ1v) is 9.73. The van der Waals surface area contributed by atoms with Gasteiger partial charge in [0.1, 0.15) is 11.4 Å².